The summed E-state index contributed by atoms with van der Waals surface area (Å²) in [5.74, 6) is 0.568. The molecular formula is C16H30N2O2. The first kappa shape index (κ1) is 15.8. The summed E-state index contributed by atoms with van der Waals surface area (Å²) >= 11 is 0. The van der Waals surface area contributed by atoms with Gasteiger partial charge in [-0.15, -0.1) is 0 Å². The molecule has 4 N–H and O–H groups in total. The second-order valence-corrected chi connectivity index (χ2v) is 6.64. The third-order valence-corrected chi connectivity index (χ3v) is 5.49. The van der Waals surface area contributed by atoms with E-state index >= 15 is 0 Å². The molecule has 2 fully saturated rings. The quantitative estimate of drug-likeness (QED) is 0.785. The van der Waals surface area contributed by atoms with Gasteiger partial charge in [0.15, 0.2) is 0 Å². The number of carbonyl (C=O) groups excluding carboxylic acids is 1. The highest BCUT2D eigenvalue weighted by Crippen LogP contribution is 2.36. The molecule has 4 heteroatoms. The number of hydrogen-bond donors (Lipinski definition) is 2. The zero-order chi connectivity index (χ0) is 14.6. The van der Waals surface area contributed by atoms with Crippen molar-refractivity contribution >= 4 is 5.91 Å². The van der Waals surface area contributed by atoms with E-state index < -0.39 is 5.54 Å². The Balaban J connectivity index is 1.79. The Bertz CT molecular complexity index is 334. The van der Waals surface area contributed by atoms with Crippen LogP contribution in [0.15, 0.2) is 0 Å². The minimum atomic E-state index is -0.792. The summed E-state index contributed by atoms with van der Waals surface area (Å²) < 4.78 is 6.11. The van der Waals surface area contributed by atoms with E-state index in [1.54, 1.807) is 0 Å². The van der Waals surface area contributed by atoms with Crippen molar-refractivity contribution in [2.75, 3.05) is 6.61 Å². The van der Waals surface area contributed by atoms with E-state index in [0.717, 1.165) is 32.3 Å². The fourth-order valence-electron chi connectivity index (χ4n) is 4.05. The second kappa shape index (κ2) is 6.90. The molecule has 4 atom stereocenters. The molecule has 0 saturated heterocycles. The third-order valence-electron chi connectivity index (χ3n) is 5.49. The molecule has 2 saturated carbocycles. The van der Waals surface area contributed by atoms with Crippen LogP contribution in [0.4, 0.5) is 0 Å². The van der Waals surface area contributed by atoms with Crippen molar-refractivity contribution in [3.05, 3.63) is 0 Å². The van der Waals surface area contributed by atoms with Crippen LogP contribution in [0.25, 0.3) is 0 Å². The third kappa shape index (κ3) is 3.34. The molecule has 0 spiro atoms. The number of amides is 1. The van der Waals surface area contributed by atoms with Crippen molar-refractivity contribution in [3.63, 3.8) is 0 Å². The van der Waals surface area contributed by atoms with E-state index in [1.807, 2.05) is 0 Å². The number of rotatable bonds is 6. The minimum Gasteiger partial charge on any atom is -0.378 e. The first-order chi connectivity index (χ1) is 9.58. The predicted octanol–water partition coefficient (Wildman–Crippen LogP) is 2.34. The van der Waals surface area contributed by atoms with E-state index in [-0.39, 0.29) is 11.8 Å². The van der Waals surface area contributed by atoms with Gasteiger partial charge >= 0.3 is 0 Å². The molecule has 1 amide bonds. The highest BCUT2D eigenvalue weighted by molar-refractivity contribution is 5.85. The number of primary amides is 1. The van der Waals surface area contributed by atoms with Crippen LogP contribution in [-0.4, -0.2) is 24.2 Å². The van der Waals surface area contributed by atoms with Crippen LogP contribution in [-0.2, 0) is 9.53 Å². The van der Waals surface area contributed by atoms with Crippen LogP contribution < -0.4 is 11.5 Å². The number of ether oxygens (including phenoxy) is 1. The van der Waals surface area contributed by atoms with Crippen molar-refractivity contribution in [3.8, 4) is 0 Å². The predicted molar refractivity (Wildman–Crippen MR) is 80.1 cm³/mol. The molecule has 0 aromatic heterocycles. The molecule has 2 aliphatic carbocycles. The van der Waals surface area contributed by atoms with Crippen LogP contribution in [0.5, 0.6) is 0 Å². The minimum absolute atomic E-state index is 0.198. The molecule has 0 heterocycles. The van der Waals surface area contributed by atoms with Gasteiger partial charge in [-0.05, 0) is 43.9 Å². The maximum atomic E-state index is 11.6. The van der Waals surface area contributed by atoms with E-state index in [0.29, 0.717) is 12.0 Å². The highest BCUT2D eigenvalue weighted by Gasteiger charge is 2.44. The van der Waals surface area contributed by atoms with Crippen LogP contribution >= 0.6 is 0 Å². The van der Waals surface area contributed by atoms with Crippen molar-refractivity contribution in [1.82, 2.24) is 0 Å². The van der Waals surface area contributed by atoms with E-state index in [2.05, 4.69) is 6.92 Å². The van der Waals surface area contributed by atoms with Gasteiger partial charge in [0.2, 0.25) is 5.91 Å². The van der Waals surface area contributed by atoms with E-state index in [9.17, 15) is 4.79 Å². The number of nitrogens with two attached hydrogens (primary N) is 2. The molecule has 0 aliphatic heterocycles. The van der Waals surface area contributed by atoms with Gasteiger partial charge in [0, 0.05) is 6.61 Å². The normalized spacial score (nSPS) is 38.0. The average Bonchev–Trinajstić information content (AvgIpc) is 2.82. The lowest BCUT2D eigenvalue weighted by Gasteiger charge is -2.32. The van der Waals surface area contributed by atoms with Crippen molar-refractivity contribution in [1.29, 1.82) is 0 Å². The van der Waals surface area contributed by atoms with Crippen LogP contribution in [0.3, 0.4) is 0 Å². The van der Waals surface area contributed by atoms with Gasteiger partial charge in [-0.1, -0.05) is 32.6 Å². The Hall–Kier alpha value is -0.610. The Labute approximate surface area is 122 Å². The molecule has 2 aliphatic rings. The first-order valence-electron chi connectivity index (χ1n) is 8.28. The van der Waals surface area contributed by atoms with Gasteiger partial charge in [-0.25, -0.2) is 0 Å². The Morgan fingerprint density at radius 1 is 1.25 bits per heavy atom. The summed E-state index contributed by atoms with van der Waals surface area (Å²) in [5.41, 5.74) is 10.9. The standard InChI is InChI=1S/C16H30N2O2/c1-2-12-6-3-4-8-14(12)20-11-9-13-7-5-10-16(13,18)15(17)19/h12-14H,2-11,18H2,1H3,(H2,17,19). The maximum absolute atomic E-state index is 11.6. The maximum Gasteiger partial charge on any atom is 0.237 e. The second-order valence-electron chi connectivity index (χ2n) is 6.64. The van der Waals surface area contributed by atoms with E-state index in [4.69, 9.17) is 16.2 Å². The zero-order valence-electron chi connectivity index (χ0n) is 12.8. The largest absolute Gasteiger partial charge is 0.378 e. The smallest absolute Gasteiger partial charge is 0.237 e. The van der Waals surface area contributed by atoms with Gasteiger partial charge in [0.05, 0.1) is 11.6 Å². The Kier molecular flexibility index (Phi) is 5.44. The molecule has 0 aromatic carbocycles. The monoisotopic (exact) mass is 282 g/mol. The summed E-state index contributed by atoms with van der Waals surface area (Å²) in [7, 11) is 0. The lowest BCUT2D eigenvalue weighted by molar-refractivity contribution is -0.124. The van der Waals surface area contributed by atoms with Gasteiger partial charge < -0.3 is 16.2 Å². The molecule has 4 nitrogen and oxygen atoms in total. The number of hydrogen-bond acceptors (Lipinski definition) is 3. The summed E-state index contributed by atoms with van der Waals surface area (Å²) in [6.07, 6.45) is 10.3. The molecule has 20 heavy (non-hydrogen) atoms. The molecular weight excluding hydrogens is 252 g/mol. The van der Waals surface area contributed by atoms with Crippen molar-refractivity contribution in [2.24, 2.45) is 23.3 Å². The Morgan fingerprint density at radius 2 is 2.00 bits per heavy atom. The van der Waals surface area contributed by atoms with Gasteiger partial charge in [0.25, 0.3) is 0 Å². The zero-order valence-corrected chi connectivity index (χ0v) is 12.8. The van der Waals surface area contributed by atoms with Crippen molar-refractivity contribution < 1.29 is 9.53 Å². The lowest BCUT2D eigenvalue weighted by atomic mass is 9.84. The summed E-state index contributed by atoms with van der Waals surface area (Å²) in [4.78, 5) is 11.6. The van der Waals surface area contributed by atoms with Crippen molar-refractivity contribution in [2.45, 2.75) is 76.4 Å². The SMILES string of the molecule is CCC1CCCCC1OCCC1CCCC1(N)C(N)=O. The van der Waals surface area contributed by atoms with Gasteiger partial charge in [-0.2, -0.15) is 0 Å². The molecule has 116 valence electrons. The Morgan fingerprint density at radius 3 is 2.70 bits per heavy atom. The fourth-order valence-corrected chi connectivity index (χ4v) is 4.05. The molecule has 0 aromatic rings. The summed E-state index contributed by atoms with van der Waals surface area (Å²) in [6, 6.07) is 0. The molecule has 4 unspecified atom stereocenters. The van der Waals surface area contributed by atoms with Gasteiger partial charge in [0.1, 0.15) is 0 Å². The first-order valence-corrected chi connectivity index (χ1v) is 8.28. The highest BCUT2D eigenvalue weighted by atomic mass is 16.5. The summed E-state index contributed by atoms with van der Waals surface area (Å²) in [6.45, 7) is 2.97. The number of carbonyl (C=O) groups is 1. The fraction of sp³-hybridized carbons (Fsp3) is 0.938. The van der Waals surface area contributed by atoms with Crippen LogP contribution in [0.1, 0.15) is 64.7 Å². The van der Waals surface area contributed by atoms with Crippen LogP contribution in [0.2, 0.25) is 0 Å². The van der Waals surface area contributed by atoms with E-state index in [1.165, 1.54) is 32.1 Å². The lowest BCUT2D eigenvalue weighted by Crippen LogP contribution is -2.54. The average molecular weight is 282 g/mol. The molecule has 2 rings (SSSR count). The molecule has 0 radical (unpaired) electrons. The van der Waals surface area contributed by atoms with Gasteiger partial charge in [-0.3, -0.25) is 4.79 Å². The van der Waals surface area contributed by atoms with Crippen LogP contribution in [0, 0.1) is 11.8 Å². The topological polar surface area (TPSA) is 78.3 Å². The molecule has 0 bridgehead atoms. The summed E-state index contributed by atoms with van der Waals surface area (Å²) in [5, 5.41) is 0.